The third-order valence-corrected chi connectivity index (χ3v) is 4.04. The SMILES string of the molecule is COc1ccc(/C=C/C(=O)NC(C)c2cccc(Br)c2)cc1OC. The van der Waals surface area contributed by atoms with Crippen molar-refractivity contribution >= 4 is 27.9 Å². The molecule has 2 aromatic rings. The van der Waals surface area contributed by atoms with E-state index in [1.165, 1.54) is 6.08 Å². The number of hydrogen-bond donors (Lipinski definition) is 1. The van der Waals surface area contributed by atoms with Crippen LogP contribution in [-0.4, -0.2) is 20.1 Å². The van der Waals surface area contributed by atoms with Gasteiger partial charge in [-0.2, -0.15) is 0 Å². The van der Waals surface area contributed by atoms with Crippen molar-refractivity contribution in [3.63, 3.8) is 0 Å². The van der Waals surface area contributed by atoms with Gasteiger partial charge in [0.2, 0.25) is 5.91 Å². The maximum absolute atomic E-state index is 12.1. The van der Waals surface area contributed by atoms with Crippen molar-refractivity contribution < 1.29 is 14.3 Å². The van der Waals surface area contributed by atoms with Gasteiger partial charge in [-0.1, -0.05) is 34.1 Å². The lowest BCUT2D eigenvalue weighted by Gasteiger charge is -2.13. The quantitative estimate of drug-likeness (QED) is 0.746. The second kappa shape index (κ2) is 8.55. The van der Waals surface area contributed by atoms with Gasteiger partial charge in [0.25, 0.3) is 0 Å². The number of rotatable bonds is 6. The first-order valence-corrected chi connectivity index (χ1v) is 8.29. The van der Waals surface area contributed by atoms with E-state index in [0.717, 1.165) is 15.6 Å². The highest BCUT2D eigenvalue weighted by Crippen LogP contribution is 2.28. The number of carbonyl (C=O) groups is 1. The van der Waals surface area contributed by atoms with Crippen molar-refractivity contribution in [2.45, 2.75) is 13.0 Å². The predicted molar refractivity (Wildman–Crippen MR) is 99.3 cm³/mol. The van der Waals surface area contributed by atoms with E-state index in [4.69, 9.17) is 9.47 Å². The molecule has 5 heteroatoms. The summed E-state index contributed by atoms with van der Waals surface area (Å²) in [6, 6.07) is 13.3. The summed E-state index contributed by atoms with van der Waals surface area (Å²) in [5.41, 5.74) is 1.90. The van der Waals surface area contributed by atoms with Crippen molar-refractivity contribution in [1.82, 2.24) is 5.32 Å². The van der Waals surface area contributed by atoms with Crippen molar-refractivity contribution in [2.75, 3.05) is 14.2 Å². The Morgan fingerprint density at radius 1 is 1.12 bits per heavy atom. The van der Waals surface area contributed by atoms with Gasteiger partial charge in [0.05, 0.1) is 20.3 Å². The molecule has 0 aliphatic heterocycles. The normalized spacial score (nSPS) is 12.0. The van der Waals surface area contributed by atoms with Gasteiger partial charge < -0.3 is 14.8 Å². The molecule has 1 atom stereocenters. The van der Waals surface area contributed by atoms with Crippen molar-refractivity contribution in [3.8, 4) is 11.5 Å². The summed E-state index contributed by atoms with van der Waals surface area (Å²) in [7, 11) is 3.17. The molecule has 0 aliphatic rings. The number of carbonyl (C=O) groups excluding carboxylic acids is 1. The molecule has 1 unspecified atom stereocenters. The van der Waals surface area contributed by atoms with Gasteiger partial charge in [-0.15, -0.1) is 0 Å². The first-order chi connectivity index (χ1) is 11.5. The average molecular weight is 390 g/mol. The van der Waals surface area contributed by atoms with Gasteiger partial charge in [0, 0.05) is 10.5 Å². The molecule has 24 heavy (non-hydrogen) atoms. The molecule has 1 N–H and O–H groups in total. The largest absolute Gasteiger partial charge is 0.493 e. The number of ether oxygens (including phenoxy) is 2. The second-order valence-electron chi connectivity index (χ2n) is 5.23. The van der Waals surface area contributed by atoms with Gasteiger partial charge in [-0.3, -0.25) is 4.79 Å². The van der Waals surface area contributed by atoms with Crippen LogP contribution >= 0.6 is 15.9 Å². The minimum Gasteiger partial charge on any atom is -0.493 e. The summed E-state index contributed by atoms with van der Waals surface area (Å²) in [5, 5.41) is 2.94. The second-order valence-corrected chi connectivity index (χ2v) is 6.15. The van der Waals surface area contributed by atoms with Crippen LogP contribution in [0.3, 0.4) is 0 Å². The summed E-state index contributed by atoms with van der Waals surface area (Å²) in [6.07, 6.45) is 3.25. The maximum atomic E-state index is 12.1. The van der Waals surface area contributed by atoms with Crippen molar-refractivity contribution in [3.05, 3.63) is 64.1 Å². The molecule has 2 rings (SSSR count). The number of halogens is 1. The van der Waals surface area contributed by atoms with Crippen LogP contribution in [0.2, 0.25) is 0 Å². The summed E-state index contributed by atoms with van der Waals surface area (Å²) in [6.45, 7) is 1.95. The molecule has 0 saturated carbocycles. The predicted octanol–water partition coefficient (Wildman–Crippen LogP) is 4.36. The molecule has 1 amide bonds. The summed E-state index contributed by atoms with van der Waals surface area (Å²) in [5.74, 6) is 1.13. The van der Waals surface area contributed by atoms with Crippen molar-refractivity contribution in [2.24, 2.45) is 0 Å². The third kappa shape index (κ3) is 4.86. The van der Waals surface area contributed by atoms with Crippen LogP contribution in [-0.2, 0) is 4.79 Å². The maximum Gasteiger partial charge on any atom is 0.244 e. The molecule has 0 fully saturated rings. The number of amides is 1. The van der Waals surface area contributed by atoms with E-state index < -0.39 is 0 Å². The zero-order valence-electron chi connectivity index (χ0n) is 13.9. The summed E-state index contributed by atoms with van der Waals surface area (Å²) in [4.78, 5) is 12.1. The minimum atomic E-state index is -0.155. The van der Waals surface area contributed by atoms with Gasteiger partial charge >= 0.3 is 0 Å². The fourth-order valence-corrected chi connectivity index (χ4v) is 2.67. The van der Waals surface area contributed by atoms with E-state index >= 15 is 0 Å². The van der Waals surface area contributed by atoms with E-state index in [1.807, 2.05) is 43.3 Å². The van der Waals surface area contributed by atoms with Crippen LogP contribution < -0.4 is 14.8 Å². The molecular weight excluding hydrogens is 370 g/mol. The molecule has 2 aromatic carbocycles. The highest BCUT2D eigenvalue weighted by Gasteiger charge is 2.08. The van der Waals surface area contributed by atoms with E-state index in [9.17, 15) is 4.79 Å². The zero-order chi connectivity index (χ0) is 17.5. The lowest BCUT2D eigenvalue weighted by Crippen LogP contribution is -2.24. The van der Waals surface area contributed by atoms with Crippen LogP contribution in [0.1, 0.15) is 24.1 Å². The number of benzene rings is 2. The van der Waals surface area contributed by atoms with Crippen LogP contribution in [0.4, 0.5) is 0 Å². The molecule has 0 aliphatic carbocycles. The topological polar surface area (TPSA) is 47.6 Å². The Morgan fingerprint density at radius 2 is 1.88 bits per heavy atom. The highest BCUT2D eigenvalue weighted by molar-refractivity contribution is 9.10. The average Bonchev–Trinajstić information content (AvgIpc) is 2.59. The molecule has 0 aromatic heterocycles. The minimum absolute atomic E-state index is 0.0787. The van der Waals surface area contributed by atoms with E-state index in [0.29, 0.717) is 11.5 Å². The Morgan fingerprint density at radius 3 is 2.54 bits per heavy atom. The number of hydrogen-bond acceptors (Lipinski definition) is 3. The molecule has 0 heterocycles. The van der Waals surface area contributed by atoms with Gasteiger partial charge in [-0.05, 0) is 48.4 Å². The molecule has 126 valence electrons. The standard InChI is InChI=1S/C19H20BrNO3/c1-13(15-5-4-6-16(20)12-15)21-19(22)10-8-14-7-9-17(23-2)18(11-14)24-3/h4-13H,1-3H3,(H,21,22)/b10-8+. The Labute approximate surface area is 150 Å². The Balaban J connectivity index is 2.02. The van der Waals surface area contributed by atoms with E-state index in [1.54, 1.807) is 26.4 Å². The Hall–Kier alpha value is -2.27. The van der Waals surface area contributed by atoms with Crippen LogP contribution in [0.5, 0.6) is 11.5 Å². The highest BCUT2D eigenvalue weighted by atomic mass is 79.9. The van der Waals surface area contributed by atoms with Gasteiger partial charge in [0.15, 0.2) is 11.5 Å². The molecule has 0 radical (unpaired) electrons. The molecule has 4 nitrogen and oxygen atoms in total. The lowest BCUT2D eigenvalue weighted by atomic mass is 10.1. The molecule has 0 saturated heterocycles. The first kappa shape index (κ1) is 18.1. The van der Waals surface area contributed by atoms with Gasteiger partial charge in [0.1, 0.15) is 0 Å². The number of methoxy groups -OCH3 is 2. The molecule has 0 bridgehead atoms. The Kier molecular flexibility index (Phi) is 6.44. The third-order valence-electron chi connectivity index (χ3n) is 3.54. The van der Waals surface area contributed by atoms with Gasteiger partial charge in [-0.25, -0.2) is 0 Å². The fraction of sp³-hybridized carbons (Fsp3) is 0.211. The first-order valence-electron chi connectivity index (χ1n) is 7.49. The summed E-state index contributed by atoms with van der Waals surface area (Å²) >= 11 is 3.43. The smallest absolute Gasteiger partial charge is 0.244 e. The Bertz CT molecular complexity index is 743. The molecule has 0 spiro atoms. The van der Waals surface area contributed by atoms with E-state index in [2.05, 4.69) is 21.2 Å². The zero-order valence-corrected chi connectivity index (χ0v) is 15.5. The van der Waals surface area contributed by atoms with Crippen LogP contribution in [0.25, 0.3) is 6.08 Å². The van der Waals surface area contributed by atoms with Crippen LogP contribution in [0.15, 0.2) is 53.0 Å². The number of nitrogens with one attached hydrogen (secondary N) is 1. The fourth-order valence-electron chi connectivity index (χ4n) is 2.25. The lowest BCUT2D eigenvalue weighted by molar-refractivity contribution is -0.117. The monoisotopic (exact) mass is 389 g/mol. The van der Waals surface area contributed by atoms with E-state index in [-0.39, 0.29) is 11.9 Å². The molecular formula is C19H20BrNO3. The summed E-state index contributed by atoms with van der Waals surface area (Å²) < 4.78 is 11.4. The van der Waals surface area contributed by atoms with Crippen LogP contribution in [0, 0.1) is 0 Å². The van der Waals surface area contributed by atoms with Crippen molar-refractivity contribution in [1.29, 1.82) is 0 Å².